The molecule has 95 heavy (non-hydrogen) atoms. The highest BCUT2D eigenvalue weighted by Gasteiger charge is 2.42. The number of amides is 13. The van der Waals surface area contributed by atoms with Crippen LogP contribution >= 0.6 is 11.8 Å². The molecule has 0 aliphatic carbocycles. The lowest BCUT2D eigenvalue weighted by Crippen LogP contribution is -2.60. The molecule has 2 aromatic carbocycles. The van der Waals surface area contributed by atoms with Crippen LogP contribution in [0.1, 0.15) is 121 Å². The van der Waals surface area contributed by atoms with Gasteiger partial charge >= 0.3 is 0 Å². The molecule has 0 aromatic heterocycles. The lowest BCUT2D eigenvalue weighted by atomic mass is 10.0. The van der Waals surface area contributed by atoms with Crippen molar-refractivity contribution in [1.82, 2.24) is 52.3 Å². The molecule has 0 spiro atoms. The fraction of sp³-hybridized carbons (Fsp3) is 0.587. The standard InChI is InChI=1S/C63H98N18O13S/c1-37(2)33-45(57(89)74-41(53(68)85)27-32-95-3)73-52(84)36-72-54(86)46(34-38-15-6-4-7-16-38)78-58(90)47(35-39-17-8-5-9-18-39)79-56(88)42(23-25-50(66)82)75-55(87)43(24-26-51(67)83)76-59(91)49-22-14-31-81(49)62(94)44(20-10-11-28-64)77-60(92)48-21-13-30-80(48)61(93)40(65)19-12-29-71-63(69)70/h4-9,15-18,37,40-49H,10-14,19-36,64-65H2,1-3H3,(H2,66,82)(H2,67,83)(H2,68,85)(H,72,86)(H,73,84)(H,74,89)(H,75,87)(H,76,91)(H,77,92)(H,78,90)(H,79,88)(H4,69,70,71)/t40-,41-,42-,43-,44+,45-,46-,47-,48+,49+/m0/s1. The maximum Gasteiger partial charge on any atom is 0.245 e. The van der Waals surface area contributed by atoms with Crippen molar-refractivity contribution in [2.75, 3.05) is 44.7 Å². The van der Waals surface area contributed by atoms with Gasteiger partial charge in [-0.3, -0.25) is 67.3 Å². The van der Waals surface area contributed by atoms with Gasteiger partial charge in [0.2, 0.25) is 76.8 Å². The van der Waals surface area contributed by atoms with Gasteiger partial charge in [-0.25, -0.2) is 0 Å². The molecule has 4 rings (SSSR count). The largest absolute Gasteiger partial charge is 0.370 e. The number of nitrogens with zero attached hydrogens (tertiary/aromatic N) is 3. The van der Waals surface area contributed by atoms with Crippen molar-refractivity contribution in [3.05, 3.63) is 71.8 Å². The van der Waals surface area contributed by atoms with Gasteiger partial charge < -0.3 is 92.5 Å². The number of unbranched alkanes of at least 4 members (excludes halogenated alkanes) is 1. The number of carbonyl (C=O) groups is 13. The van der Waals surface area contributed by atoms with Crippen molar-refractivity contribution in [1.29, 1.82) is 0 Å². The molecule has 2 aliphatic rings. The van der Waals surface area contributed by atoms with Crippen molar-refractivity contribution in [2.45, 2.75) is 183 Å². The molecule has 31 nitrogen and oxygen atoms in total. The Balaban J connectivity index is 1.56. The Morgan fingerprint density at radius 2 is 1.01 bits per heavy atom. The SMILES string of the molecule is CSCC[C@H](NC(=O)[C@H](CC(C)C)NC(=O)CNC(=O)[C@H](Cc1ccccc1)NC(=O)[C@H](Cc1ccccc1)NC(=O)[C@H](CCC(N)=O)NC(=O)[C@H](CCC(N)=O)NC(=O)[C@H]1CCCN1C(=O)[C@@H](CCCCN)NC(=O)[C@H]1CCCN1C(=O)[C@@H](N)CCCN=C(N)N)C(N)=O. The Kier molecular flexibility index (Phi) is 33.9. The summed E-state index contributed by atoms with van der Waals surface area (Å²) < 4.78 is 0. The van der Waals surface area contributed by atoms with Crippen LogP contribution in [0.2, 0.25) is 0 Å². The van der Waals surface area contributed by atoms with E-state index in [0.29, 0.717) is 55.4 Å². The van der Waals surface area contributed by atoms with Gasteiger partial charge in [-0.1, -0.05) is 74.5 Å². The van der Waals surface area contributed by atoms with Crippen molar-refractivity contribution in [3.8, 4) is 0 Å². The van der Waals surface area contributed by atoms with Crippen LogP contribution in [-0.2, 0) is 75.2 Å². The third kappa shape index (κ3) is 27.5. The van der Waals surface area contributed by atoms with Crippen LogP contribution in [0.4, 0.5) is 0 Å². The molecule has 0 unspecified atom stereocenters. The predicted molar refractivity (Wildman–Crippen MR) is 356 cm³/mol. The zero-order chi connectivity index (χ0) is 70.1. The van der Waals surface area contributed by atoms with Crippen LogP contribution in [0.25, 0.3) is 0 Å². The maximum absolute atomic E-state index is 14.7. The second-order valence-electron chi connectivity index (χ2n) is 24.1. The molecule has 22 N–H and O–H groups in total. The molecule has 2 aromatic rings. The van der Waals surface area contributed by atoms with Crippen molar-refractivity contribution >= 4 is 94.5 Å². The van der Waals surface area contributed by atoms with Crippen LogP contribution in [0.5, 0.6) is 0 Å². The van der Waals surface area contributed by atoms with Crippen LogP contribution < -0.4 is 82.7 Å². The van der Waals surface area contributed by atoms with E-state index in [1.54, 1.807) is 60.7 Å². The number of rotatable bonds is 42. The second kappa shape index (κ2) is 41.0. The summed E-state index contributed by atoms with van der Waals surface area (Å²) in [6.45, 7) is 3.86. The fourth-order valence-electron chi connectivity index (χ4n) is 11.0. The number of guanidine groups is 1. The normalized spacial score (nSPS) is 16.8. The fourth-order valence-corrected chi connectivity index (χ4v) is 11.5. The monoisotopic (exact) mass is 1350 g/mol. The molecule has 524 valence electrons. The van der Waals surface area contributed by atoms with Crippen LogP contribution in [0, 0.1) is 5.92 Å². The van der Waals surface area contributed by atoms with Gasteiger partial charge in [0.25, 0.3) is 0 Å². The van der Waals surface area contributed by atoms with Crippen molar-refractivity contribution in [2.24, 2.45) is 51.0 Å². The number of carbonyl (C=O) groups excluding carboxylic acids is 13. The van der Waals surface area contributed by atoms with Gasteiger partial charge in [0.1, 0.15) is 54.4 Å². The number of likely N-dealkylation sites (tertiary alicyclic amines) is 2. The molecular weight excluding hydrogens is 1250 g/mol. The minimum Gasteiger partial charge on any atom is -0.370 e. The number of hydrogen-bond acceptors (Lipinski definition) is 17. The highest BCUT2D eigenvalue weighted by atomic mass is 32.2. The summed E-state index contributed by atoms with van der Waals surface area (Å²) in [5.74, 6) is -9.80. The number of hydrogen-bond donors (Lipinski definition) is 15. The first-order chi connectivity index (χ1) is 45.2. The quantitative estimate of drug-likeness (QED) is 0.0173. The summed E-state index contributed by atoms with van der Waals surface area (Å²) in [6, 6.07) is 4.51. The molecule has 0 bridgehead atoms. The number of thioether (sulfide) groups is 1. The van der Waals surface area contributed by atoms with E-state index in [0.717, 1.165) is 0 Å². The minimum atomic E-state index is -1.64. The lowest BCUT2D eigenvalue weighted by molar-refractivity contribution is -0.144. The number of primary amides is 3. The van der Waals surface area contributed by atoms with E-state index in [1.165, 1.54) is 21.6 Å². The number of nitrogens with two attached hydrogens (primary N) is 7. The predicted octanol–water partition coefficient (Wildman–Crippen LogP) is -3.71. The highest BCUT2D eigenvalue weighted by Crippen LogP contribution is 2.24. The van der Waals surface area contributed by atoms with E-state index in [9.17, 15) is 62.3 Å². The minimum absolute atomic E-state index is 0.0736. The molecule has 32 heteroatoms. The molecule has 0 radical (unpaired) electrons. The third-order valence-corrected chi connectivity index (χ3v) is 16.7. The summed E-state index contributed by atoms with van der Waals surface area (Å²) >= 11 is 1.45. The van der Waals surface area contributed by atoms with E-state index in [2.05, 4.69) is 47.5 Å². The second-order valence-corrected chi connectivity index (χ2v) is 25.1. The van der Waals surface area contributed by atoms with Crippen molar-refractivity contribution in [3.63, 3.8) is 0 Å². The zero-order valence-electron chi connectivity index (χ0n) is 54.5. The molecular formula is C63H98N18O13S. The molecule has 2 aliphatic heterocycles. The summed E-state index contributed by atoms with van der Waals surface area (Å²) in [6.07, 6.45) is 3.12. The molecule has 2 fully saturated rings. The molecule has 10 atom stereocenters. The average Bonchev–Trinajstić information content (AvgIpc) is 1.74. The number of nitrogens with one attached hydrogen (secondary N) is 8. The van der Waals surface area contributed by atoms with Gasteiger partial charge in [0.05, 0.1) is 12.6 Å². The summed E-state index contributed by atoms with van der Waals surface area (Å²) in [5, 5.41) is 21.1. The maximum atomic E-state index is 14.7. The van der Waals surface area contributed by atoms with Gasteiger partial charge in [0.15, 0.2) is 5.96 Å². The van der Waals surface area contributed by atoms with Gasteiger partial charge in [-0.05, 0) is 119 Å². The smallest absolute Gasteiger partial charge is 0.245 e. The number of benzene rings is 2. The van der Waals surface area contributed by atoms with E-state index < -0.39 is 169 Å². The third-order valence-electron chi connectivity index (χ3n) is 16.0. The Labute approximate surface area is 558 Å². The first kappa shape index (κ1) is 78.5. The van der Waals surface area contributed by atoms with Crippen molar-refractivity contribution < 1.29 is 62.3 Å². The van der Waals surface area contributed by atoms with Crippen LogP contribution in [0.15, 0.2) is 65.7 Å². The first-order valence-electron chi connectivity index (χ1n) is 32.2. The van der Waals surface area contributed by atoms with Gasteiger partial charge in [-0.2, -0.15) is 11.8 Å². The Morgan fingerprint density at radius 1 is 0.537 bits per heavy atom. The van der Waals surface area contributed by atoms with Gasteiger partial charge in [0, 0.05) is 45.3 Å². The Hall–Kier alpha value is -8.91. The molecule has 0 saturated carbocycles. The molecule has 2 saturated heterocycles. The first-order valence-corrected chi connectivity index (χ1v) is 33.6. The van der Waals surface area contributed by atoms with E-state index >= 15 is 0 Å². The molecule has 2 heterocycles. The highest BCUT2D eigenvalue weighted by molar-refractivity contribution is 7.98. The summed E-state index contributed by atoms with van der Waals surface area (Å²) in [7, 11) is 0. The molecule has 13 amide bonds. The Bertz CT molecular complexity index is 2960. The van der Waals surface area contributed by atoms with Gasteiger partial charge in [-0.15, -0.1) is 0 Å². The van der Waals surface area contributed by atoms with E-state index in [-0.39, 0.29) is 83.0 Å². The lowest BCUT2D eigenvalue weighted by Gasteiger charge is -2.32. The Morgan fingerprint density at radius 3 is 1.51 bits per heavy atom. The van der Waals surface area contributed by atoms with E-state index in [1.807, 2.05) is 20.1 Å². The van der Waals surface area contributed by atoms with Crippen LogP contribution in [-0.4, -0.2) is 198 Å². The topological polar surface area (TPSA) is 519 Å². The average molecular weight is 1350 g/mol. The van der Waals surface area contributed by atoms with E-state index in [4.69, 9.17) is 40.1 Å². The van der Waals surface area contributed by atoms with Crippen LogP contribution in [0.3, 0.4) is 0 Å². The number of aliphatic imine (C=N–C) groups is 1. The zero-order valence-corrected chi connectivity index (χ0v) is 55.3. The summed E-state index contributed by atoms with van der Waals surface area (Å²) in [4.78, 5) is 185. The summed E-state index contributed by atoms with van der Waals surface area (Å²) in [5.41, 5.74) is 40.6.